The molecule has 0 atom stereocenters. The van der Waals surface area contributed by atoms with Crippen LogP contribution in [0.4, 0.5) is 5.69 Å². The highest BCUT2D eigenvalue weighted by Crippen LogP contribution is 2.27. The Hall–Kier alpha value is -1.44. The van der Waals surface area contributed by atoms with Crippen LogP contribution in [0.25, 0.3) is 10.9 Å². The van der Waals surface area contributed by atoms with E-state index < -0.39 is 0 Å². The third-order valence-electron chi connectivity index (χ3n) is 3.89. The first-order valence-electron chi connectivity index (χ1n) is 6.65. The molecule has 1 aliphatic carbocycles. The fraction of sp³-hybridized carbons (Fsp3) is 0.467. The number of nitrogens with zero attached hydrogens (tertiary/aromatic N) is 1. The molecule has 1 heterocycles. The fourth-order valence-corrected chi connectivity index (χ4v) is 2.90. The van der Waals surface area contributed by atoms with Crippen molar-refractivity contribution in [1.82, 2.24) is 4.57 Å². The van der Waals surface area contributed by atoms with Gasteiger partial charge in [0.15, 0.2) is 0 Å². The Labute approximate surface area is 103 Å². The van der Waals surface area contributed by atoms with Crippen molar-refractivity contribution < 1.29 is 0 Å². The van der Waals surface area contributed by atoms with Crippen LogP contribution in [0.3, 0.4) is 0 Å². The molecule has 17 heavy (non-hydrogen) atoms. The van der Waals surface area contributed by atoms with E-state index in [1.165, 1.54) is 48.7 Å². The molecule has 0 amide bonds. The summed E-state index contributed by atoms with van der Waals surface area (Å²) >= 11 is 0. The van der Waals surface area contributed by atoms with Crippen LogP contribution < -0.4 is 5.32 Å². The molecule has 0 bridgehead atoms. The van der Waals surface area contributed by atoms with E-state index in [1.807, 2.05) is 0 Å². The van der Waals surface area contributed by atoms with Gasteiger partial charge in [0.25, 0.3) is 0 Å². The Morgan fingerprint density at radius 3 is 2.76 bits per heavy atom. The van der Waals surface area contributed by atoms with Crippen molar-refractivity contribution in [2.45, 2.75) is 38.1 Å². The van der Waals surface area contributed by atoms with Crippen molar-refractivity contribution in [2.75, 3.05) is 5.32 Å². The predicted molar refractivity (Wildman–Crippen MR) is 73.4 cm³/mol. The van der Waals surface area contributed by atoms with Crippen LogP contribution in [0.15, 0.2) is 30.5 Å². The van der Waals surface area contributed by atoms with Gasteiger partial charge in [-0.25, -0.2) is 0 Å². The lowest BCUT2D eigenvalue weighted by molar-refractivity contribution is 0.463. The van der Waals surface area contributed by atoms with Gasteiger partial charge in [-0.3, -0.25) is 0 Å². The molecule has 2 nitrogen and oxygen atoms in total. The number of fused-ring (bicyclic) bond motifs is 1. The lowest BCUT2D eigenvalue weighted by Gasteiger charge is -2.24. The summed E-state index contributed by atoms with van der Waals surface area (Å²) in [4.78, 5) is 0. The van der Waals surface area contributed by atoms with Crippen molar-refractivity contribution in [3.05, 3.63) is 30.5 Å². The number of nitrogens with one attached hydrogen (secondary N) is 1. The first kappa shape index (κ1) is 10.7. The Bertz CT molecular complexity index is 507. The zero-order chi connectivity index (χ0) is 11.7. The maximum atomic E-state index is 3.72. The molecule has 0 unspecified atom stereocenters. The molecule has 1 aliphatic rings. The van der Waals surface area contributed by atoms with Gasteiger partial charge in [0.1, 0.15) is 0 Å². The lowest BCUT2D eigenvalue weighted by Crippen LogP contribution is -2.22. The van der Waals surface area contributed by atoms with E-state index in [-0.39, 0.29) is 0 Å². The number of hydrogen-bond donors (Lipinski definition) is 1. The van der Waals surface area contributed by atoms with Crippen molar-refractivity contribution in [1.29, 1.82) is 0 Å². The number of benzene rings is 1. The number of aryl methyl sites for hydroxylation is 1. The van der Waals surface area contributed by atoms with Gasteiger partial charge in [0.05, 0.1) is 0 Å². The molecule has 1 N–H and O–H groups in total. The van der Waals surface area contributed by atoms with Crippen LogP contribution in [0.2, 0.25) is 0 Å². The molecule has 0 spiro atoms. The smallest absolute Gasteiger partial charge is 0.0498 e. The maximum Gasteiger partial charge on any atom is 0.0498 e. The summed E-state index contributed by atoms with van der Waals surface area (Å²) in [5.41, 5.74) is 2.61. The molecule has 3 rings (SSSR count). The SMILES string of the molecule is Cn1ccc2c(NC3CCCCC3)cccc21. The van der Waals surface area contributed by atoms with Gasteiger partial charge in [-0.05, 0) is 31.0 Å². The fourth-order valence-electron chi connectivity index (χ4n) is 2.90. The second kappa shape index (κ2) is 4.44. The van der Waals surface area contributed by atoms with Crippen molar-refractivity contribution in [3.63, 3.8) is 0 Å². The molecule has 1 fully saturated rings. The molecule has 0 saturated heterocycles. The first-order valence-corrected chi connectivity index (χ1v) is 6.65. The highest BCUT2D eigenvalue weighted by molar-refractivity contribution is 5.92. The van der Waals surface area contributed by atoms with Crippen LogP contribution in [-0.4, -0.2) is 10.6 Å². The lowest BCUT2D eigenvalue weighted by atomic mass is 9.95. The monoisotopic (exact) mass is 228 g/mol. The van der Waals surface area contributed by atoms with E-state index in [4.69, 9.17) is 0 Å². The third-order valence-corrected chi connectivity index (χ3v) is 3.89. The van der Waals surface area contributed by atoms with E-state index in [0.29, 0.717) is 6.04 Å². The van der Waals surface area contributed by atoms with Gasteiger partial charge in [-0.2, -0.15) is 0 Å². The molecule has 2 heteroatoms. The van der Waals surface area contributed by atoms with Crippen molar-refractivity contribution >= 4 is 16.6 Å². The third kappa shape index (κ3) is 2.04. The molecular formula is C15H20N2. The second-order valence-electron chi connectivity index (χ2n) is 5.14. The number of rotatable bonds is 2. The van der Waals surface area contributed by atoms with Crippen molar-refractivity contribution in [2.24, 2.45) is 7.05 Å². The minimum absolute atomic E-state index is 0.676. The Balaban J connectivity index is 1.89. The van der Waals surface area contributed by atoms with Crippen LogP contribution >= 0.6 is 0 Å². The van der Waals surface area contributed by atoms with Crippen LogP contribution in [0.5, 0.6) is 0 Å². The Kier molecular flexibility index (Phi) is 2.79. The largest absolute Gasteiger partial charge is 0.382 e. The van der Waals surface area contributed by atoms with Gasteiger partial charge in [0.2, 0.25) is 0 Å². The summed E-state index contributed by atoms with van der Waals surface area (Å²) in [6.07, 6.45) is 8.95. The van der Waals surface area contributed by atoms with Crippen LogP contribution in [-0.2, 0) is 7.05 Å². The van der Waals surface area contributed by atoms with Crippen LogP contribution in [0.1, 0.15) is 32.1 Å². The molecule has 0 aliphatic heterocycles. The normalized spacial score (nSPS) is 17.5. The van der Waals surface area contributed by atoms with E-state index in [2.05, 4.69) is 47.4 Å². The van der Waals surface area contributed by atoms with E-state index in [9.17, 15) is 0 Å². The van der Waals surface area contributed by atoms with E-state index in [0.717, 1.165) is 0 Å². The molecule has 2 aromatic rings. The molecule has 1 aromatic carbocycles. The molecular weight excluding hydrogens is 208 g/mol. The highest BCUT2D eigenvalue weighted by atomic mass is 14.9. The summed E-state index contributed by atoms with van der Waals surface area (Å²) in [6, 6.07) is 9.42. The first-order chi connectivity index (χ1) is 8.34. The number of anilines is 1. The molecule has 1 aromatic heterocycles. The molecule has 0 radical (unpaired) electrons. The second-order valence-corrected chi connectivity index (χ2v) is 5.14. The van der Waals surface area contributed by atoms with Crippen LogP contribution in [0, 0.1) is 0 Å². The summed E-state index contributed by atoms with van der Waals surface area (Å²) in [5, 5.41) is 5.07. The summed E-state index contributed by atoms with van der Waals surface area (Å²) < 4.78 is 2.18. The zero-order valence-electron chi connectivity index (χ0n) is 10.4. The Morgan fingerprint density at radius 1 is 1.12 bits per heavy atom. The van der Waals surface area contributed by atoms with Gasteiger partial charge in [-0.15, -0.1) is 0 Å². The minimum Gasteiger partial charge on any atom is -0.382 e. The van der Waals surface area contributed by atoms with E-state index in [1.54, 1.807) is 0 Å². The summed E-state index contributed by atoms with van der Waals surface area (Å²) in [7, 11) is 2.10. The minimum atomic E-state index is 0.676. The topological polar surface area (TPSA) is 17.0 Å². The average molecular weight is 228 g/mol. The predicted octanol–water partition coefficient (Wildman–Crippen LogP) is 3.92. The Morgan fingerprint density at radius 2 is 1.94 bits per heavy atom. The van der Waals surface area contributed by atoms with E-state index >= 15 is 0 Å². The summed E-state index contributed by atoms with van der Waals surface area (Å²) in [6.45, 7) is 0. The summed E-state index contributed by atoms with van der Waals surface area (Å²) in [5.74, 6) is 0. The van der Waals surface area contributed by atoms with Crippen molar-refractivity contribution in [3.8, 4) is 0 Å². The number of hydrogen-bond acceptors (Lipinski definition) is 1. The standard InChI is InChI=1S/C15H20N2/c1-17-11-10-13-14(8-5-9-15(13)17)16-12-6-3-2-4-7-12/h5,8-12,16H,2-4,6-7H2,1H3. The molecule has 90 valence electrons. The highest BCUT2D eigenvalue weighted by Gasteiger charge is 2.14. The maximum absolute atomic E-state index is 3.72. The quantitative estimate of drug-likeness (QED) is 0.824. The van der Waals surface area contributed by atoms with Gasteiger partial charge in [0, 0.05) is 35.9 Å². The zero-order valence-corrected chi connectivity index (χ0v) is 10.4. The average Bonchev–Trinajstić information content (AvgIpc) is 2.74. The van der Waals surface area contributed by atoms with Gasteiger partial charge >= 0.3 is 0 Å². The van der Waals surface area contributed by atoms with Gasteiger partial charge < -0.3 is 9.88 Å². The molecule has 1 saturated carbocycles. The van der Waals surface area contributed by atoms with Gasteiger partial charge in [-0.1, -0.05) is 25.3 Å². The number of aromatic nitrogens is 1.